The Morgan fingerprint density at radius 1 is 1.57 bits per heavy atom. The highest BCUT2D eigenvalue weighted by atomic mass is 32.2. The van der Waals surface area contributed by atoms with E-state index in [9.17, 15) is 10.1 Å². The lowest BCUT2D eigenvalue weighted by Crippen LogP contribution is -2.37. The van der Waals surface area contributed by atoms with Crippen molar-refractivity contribution in [3.05, 3.63) is 23.8 Å². The summed E-state index contributed by atoms with van der Waals surface area (Å²) in [7, 11) is 0. The van der Waals surface area contributed by atoms with Crippen molar-refractivity contribution in [1.29, 1.82) is 5.26 Å². The molecule has 5 nitrogen and oxygen atoms in total. The van der Waals surface area contributed by atoms with E-state index in [1.165, 1.54) is 11.8 Å². The molecule has 0 bridgehead atoms. The molecule has 1 saturated carbocycles. The van der Waals surface area contributed by atoms with Crippen LogP contribution < -0.4 is 0 Å². The highest BCUT2D eigenvalue weighted by Gasteiger charge is 2.37. The smallest absolute Gasteiger partial charge is 0.313 e. The standard InChI is InChI=1S/C15H15N3O2S/c1-15(6-3-7-15)18-11-5-2-4-10(8-16)13(11)17-14(18)21-9-12(19)20/h2,4-5H,3,6-7,9H2,1H3,(H,19,20). The summed E-state index contributed by atoms with van der Waals surface area (Å²) >= 11 is 1.22. The van der Waals surface area contributed by atoms with Crippen LogP contribution in [0.4, 0.5) is 0 Å². The van der Waals surface area contributed by atoms with Crippen LogP contribution in [0.5, 0.6) is 0 Å². The van der Waals surface area contributed by atoms with Crippen LogP contribution in [0.2, 0.25) is 0 Å². The van der Waals surface area contributed by atoms with E-state index in [1.807, 2.05) is 12.1 Å². The molecular weight excluding hydrogens is 286 g/mol. The van der Waals surface area contributed by atoms with E-state index in [0.29, 0.717) is 16.2 Å². The molecule has 1 aliphatic carbocycles. The molecule has 108 valence electrons. The Kier molecular flexibility index (Phi) is 3.38. The number of imidazole rings is 1. The molecule has 1 aromatic heterocycles. The number of carboxylic acids is 1. The first-order valence-electron chi connectivity index (χ1n) is 6.82. The van der Waals surface area contributed by atoms with Crippen molar-refractivity contribution in [2.75, 3.05) is 5.75 Å². The van der Waals surface area contributed by atoms with Crippen LogP contribution in [0.25, 0.3) is 11.0 Å². The van der Waals surface area contributed by atoms with Gasteiger partial charge in [-0.2, -0.15) is 5.26 Å². The number of thioether (sulfide) groups is 1. The number of carbonyl (C=O) groups is 1. The van der Waals surface area contributed by atoms with E-state index in [1.54, 1.807) is 6.07 Å². The largest absolute Gasteiger partial charge is 0.481 e. The van der Waals surface area contributed by atoms with Crippen LogP contribution >= 0.6 is 11.8 Å². The second kappa shape index (κ2) is 5.08. The quantitative estimate of drug-likeness (QED) is 0.878. The lowest BCUT2D eigenvalue weighted by Gasteiger charge is -2.41. The highest BCUT2D eigenvalue weighted by molar-refractivity contribution is 7.99. The lowest BCUT2D eigenvalue weighted by molar-refractivity contribution is -0.133. The molecule has 2 aromatic rings. The number of aliphatic carboxylic acids is 1. The highest BCUT2D eigenvalue weighted by Crippen LogP contribution is 2.43. The Bertz CT molecular complexity index is 756. The first kappa shape index (κ1) is 14.0. The maximum absolute atomic E-state index is 10.8. The summed E-state index contributed by atoms with van der Waals surface area (Å²) in [6.07, 6.45) is 3.27. The molecule has 1 aromatic carbocycles. The van der Waals surface area contributed by atoms with Gasteiger partial charge in [-0.1, -0.05) is 17.8 Å². The third-order valence-electron chi connectivity index (χ3n) is 4.07. The molecule has 1 heterocycles. The Balaban J connectivity index is 2.18. The molecule has 6 heteroatoms. The Morgan fingerprint density at radius 3 is 2.90 bits per heavy atom. The minimum atomic E-state index is -0.863. The summed E-state index contributed by atoms with van der Waals surface area (Å²) in [6.45, 7) is 2.17. The van der Waals surface area contributed by atoms with E-state index < -0.39 is 5.97 Å². The van der Waals surface area contributed by atoms with Gasteiger partial charge in [0.15, 0.2) is 5.16 Å². The van der Waals surface area contributed by atoms with Crippen LogP contribution in [0.3, 0.4) is 0 Å². The SMILES string of the molecule is CC1(n2c(SCC(=O)O)nc3c(C#N)cccc32)CCC1. The predicted octanol–water partition coefficient (Wildman–Crippen LogP) is 2.98. The molecule has 0 unspecified atom stereocenters. The maximum atomic E-state index is 10.8. The van der Waals surface area contributed by atoms with Gasteiger partial charge in [-0.25, -0.2) is 4.98 Å². The molecule has 0 saturated heterocycles. The van der Waals surface area contributed by atoms with Gasteiger partial charge in [0.2, 0.25) is 0 Å². The fourth-order valence-corrected chi connectivity index (χ4v) is 3.68. The van der Waals surface area contributed by atoms with Crippen LogP contribution in [-0.4, -0.2) is 26.4 Å². The third kappa shape index (κ3) is 2.28. The van der Waals surface area contributed by atoms with Crippen molar-refractivity contribution in [3.8, 4) is 6.07 Å². The average Bonchev–Trinajstić information content (AvgIpc) is 2.81. The summed E-state index contributed by atoms with van der Waals surface area (Å²) in [5.41, 5.74) is 2.10. The zero-order valence-electron chi connectivity index (χ0n) is 11.7. The van der Waals surface area contributed by atoms with Gasteiger partial charge in [0.25, 0.3) is 0 Å². The first-order valence-corrected chi connectivity index (χ1v) is 7.80. The topological polar surface area (TPSA) is 78.9 Å². The molecule has 3 rings (SSSR count). The third-order valence-corrected chi connectivity index (χ3v) is 4.99. The molecule has 0 atom stereocenters. The lowest BCUT2D eigenvalue weighted by atomic mass is 9.78. The monoisotopic (exact) mass is 301 g/mol. The number of hydrogen-bond acceptors (Lipinski definition) is 4. The average molecular weight is 301 g/mol. The fourth-order valence-electron chi connectivity index (χ4n) is 2.83. The summed E-state index contributed by atoms with van der Waals surface area (Å²) in [6, 6.07) is 7.72. The number of hydrogen-bond donors (Lipinski definition) is 1. The molecule has 1 N–H and O–H groups in total. The van der Waals surface area contributed by atoms with Crippen molar-refractivity contribution in [2.24, 2.45) is 0 Å². The van der Waals surface area contributed by atoms with Gasteiger partial charge in [0.05, 0.1) is 16.8 Å². The number of nitriles is 1. The van der Waals surface area contributed by atoms with Gasteiger partial charge in [-0.15, -0.1) is 0 Å². The van der Waals surface area contributed by atoms with E-state index in [0.717, 1.165) is 24.8 Å². The number of nitrogens with zero attached hydrogens (tertiary/aromatic N) is 3. The molecular formula is C15H15N3O2S. The Hall–Kier alpha value is -2.00. The van der Waals surface area contributed by atoms with Crippen LogP contribution in [-0.2, 0) is 10.3 Å². The molecule has 0 spiro atoms. The molecule has 1 fully saturated rings. The summed E-state index contributed by atoms with van der Waals surface area (Å²) in [4.78, 5) is 15.4. The van der Waals surface area contributed by atoms with Crippen LogP contribution in [0, 0.1) is 11.3 Å². The molecule has 1 aliphatic rings. The van der Waals surface area contributed by atoms with Gasteiger partial charge in [-0.3, -0.25) is 4.79 Å². The molecule has 0 amide bonds. The number of carboxylic acid groups (broad SMARTS) is 1. The minimum Gasteiger partial charge on any atom is -0.481 e. The van der Waals surface area contributed by atoms with Gasteiger partial charge in [0, 0.05) is 5.54 Å². The minimum absolute atomic E-state index is 0.0241. The Labute approximate surface area is 126 Å². The predicted molar refractivity (Wildman–Crippen MR) is 80.3 cm³/mol. The number of fused-ring (bicyclic) bond motifs is 1. The zero-order valence-corrected chi connectivity index (χ0v) is 12.5. The second-order valence-electron chi connectivity index (χ2n) is 5.55. The van der Waals surface area contributed by atoms with E-state index in [4.69, 9.17) is 5.11 Å². The Morgan fingerprint density at radius 2 is 2.33 bits per heavy atom. The summed E-state index contributed by atoms with van der Waals surface area (Å²) < 4.78 is 2.13. The molecule has 21 heavy (non-hydrogen) atoms. The van der Waals surface area contributed by atoms with E-state index in [2.05, 4.69) is 22.5 Å². The van der Waals surface area contributed by atoms with Crippen molar-refractivity contribution >= 4 is 28.8 Å². The van der Waals surface area contributed by atoms with Gasteiger partial charge >= 0.3 is 5.97 Å². The molecule has 0 radical (unpaired) electrons. The van der Waals surface area contributed by atoms with Crippen molar-refractivity contribution in [3.63, 3.8) is 0 Å². The van der Waals surface area contributed by atoms with E-state index in [-0.39, 0.29) is 11.3 Å². The number of aromatic nitrogens is 2. The van der Waals surface area contributed by atoms with Gasteiger partial charge in [0.1, 0.15) is 11.6 Å². The van der Waals surface area contributed by atoms with Crippen molar-refractivity contribution in [1.82, 2.24) is 9.55 Å². The van der Waals surface area contributed by atoms with E-state index >= 15 is 0 Å². The number of para-hydroxylation sites is 1. The summed E-state index contributed by atoms with van der Waals surface area (Å²) in [5, 5.41) is 18.8. The maximum Gasteiger partial charge on any atom is 0.313 e. The van der Waals surface area contributed by atoms with Gasteiger partial charge in [-0.05, 0) is 38.3 Å². The first-order chi connectivity index (χ1) is 10.0. The van der Waals surface area contributed by atoms with Crippen LogP contribution in [0.15, 0.2) is 23.4 Å². The van der Waals surface area contributed by atoms with Gasteiger partial charge < -0.3 is 9.67 Å². The number of benzene rings is 1. The van der Waals surface area contributed by atoms with Crippen molar-refractivity contribution < 1.29 is 9.90 Å². The zero-order chi connectivity index (χ0) is 15.0. The second-order valence-corrected chi connectivity index (χ2v) is 6.49. The van der Waals surface area contributed by atoms with Crippen LogP contribution in [0.1, 0.15) is 31.7 Å². The molecule has 0 aliphatic heterocycles. The normalized spacial score (nSPS) is 16.4. The fraction of sp³-hybridized carbons (Fsp3) is 0.400. The number of rotatable bonds is 4. The van der Waals surface area contributed by atoms with Crippen molar-refractivity contribution in [2.45, 2.75) is 36.9 Å². The summed E-state index contributed by atoms with van der Waals surface area (Å²) in [5.74, 6) is -0.890.